The second-order valence-electron chi connectivity index (χ2n) is 6.02. The first-order chi connectivity index (χ1) is 8.58. The molecule has 1 N–H and O–H groups in total. The van der Waals surface area contributed by atoms with Gasteiger partial charge in [-0.2, -0.15) is 0 Å². The number of fused-ring (bicyclic) bond motifs is 1. The zero-order valence-electron chi connectivity index (χ0n) is 11.6. The SMILES string of the molecule is CC(CCC(=O)O)N1CCC2C(CCCN2C)C1. The molecule has 18 heavy (non-hydrogen) atoms. The summed E-state index contributed by atoms with van der Waals surface area (Å²) < 4.78 is 0. The zero-order valence-corrected chi connectivity index (χ0v) is 11.6. The molecular formula is C14H26N2O2. The highest BCUT2D eigenvalue weighted by Crippen LogP contribution is 2.30. The summed E-state index contributed by atoms with van der Waals surface area (Å²) in [7, 11) is 2.25. The lowest BCUT2D eigenvalue weighted by Gasteiger charge is -2.47. The number of likely N-dealkylation sites (tertiary alicyclic amines) is 2. The second kappa shape index (κ2) is 6.02. The molecule has 0 spiro atoms. The molecule has 2 heterocycles. The van der Waals surface area contributed by atoms with Crippen LogP contribution in [0.5, 0.6) is 0 Å². The average molecular weight is 254 g/mol. The van der Waals surface area contributed by atoms with Gasteiger partial charge in [-0.05, 0) is 58.7 Å². The van der Waals surface area contributed by atoms with Crippen molar-refractivity contribution in [1.82, 2.24) is 9.80 Å². The van der Waals surface area contributed by atoms with Crippen LogP contribution in [0.3, 0.4) is 0 Å². The molecule has 2 rings (SSSR count). The van der Waals surface area contributed by atoms with Crippen LogP contribution >= 0.6 is 0 Å². The normalized spacial score (nSPS) is 31.9. The third-order valence-corrected chi connectivity index (χ3v) is 4.78. The zero-order chi connectivity index (χ0) is 13.1. The van der Waals surface area contributed by atoms with Crippen LogP contribution in [0.25, 0.3) is 0 Å². The van der Waals surface area contributed by atoms with Gasteiger partial charge in [0.25, 0.3) is 0 Å². The lowest BCUT2D eigenvalue weighted by molar-refractivity contribution is -0.137. The van der Waals surface area contributed by atoms with Crippen LogP contribution in [0.4, 0.5) is 0 Å². The third-order valence-electron chi connectivity index (χ3n) is 4.78. The van der Waals surface area contributed by atoms with Gasteiger partial charge in [-0.15, -0.1) is 0 Å². The molecular weight excluding hydrogens is 228 g/mol. The summed E-state index contributed by atoms with van der Waals surface area (Å²) in [5.74, 6) is 0.124. The van der Waals surface area contributed by atoms with Crippen molar-refractivity contribution in [3.63, 3.8) is 0 Å². The Morgan fingerprint density at radius 2 is 2.17 bits per heavy atom. The van der Waals surface area contributed by atoms with Crippen molar-refractivity contribution in [2.45, 2.75) is 51.1 Å². The fourth-order valence-electron chi connectivity index (χ4n) is 3.60. The number of hydrogen-bond acceptors (Lipinski definition) is 3. The summed E-state index contributed by atoms with van der Waals surface area (Å²) in [6, 6.07) is 1.18. The monoisotopic (exact) mass is 254 g/mol. The Morgan fingerprint density at radius 3 is 2.89 bits per heavy atom. The summed E-state index contributed by atoms with van der Waals surface area (Å²) in [6.07, 6.45) is 4.99. The minimum absolute atomic E-state index is 0.297. The quantitative estimate of drug-likeness (QED) is 0.828. The predicted molar refractivity (Wildman–Crippen MR) is 71.7 cm³/mol. The topological polar surface area (TPSA) is 43.8 Å². The molecule has 0 aromatic carbocycles. The minimum atomic E-state index is -0.672. The van der Waals surface area contributed by atoms with Gasteiger partial charge in [0.15, 0.2) is 0 Å². The number of carboxylic acid groups (broad SMARTS) is 1. The minimum Gasteiger partial charge on any atom is -0.481 e. The van der Waals surface area contributed by atoms with Gasteiger partial charge in [-0.25, -0.2) is 0 Å². The van der Waals surface area contributed by atoms with Crippen molar-refractivity contribution in [3.05, 3.63) is 0 Å². The van der Waals surface area contributed by atoms with Gasteiger partial charge in [0, 0.05) is 25.0 Å². The number of aliphatic carboxylic acids is 1. The first-order valence-electron chi connectivity index (χ1n) is 7.24. The number of hydrogen-bond donors (Lipinski definition) is 1. The molecule has 3 unspecified atom stereocenters. The Morgan fingerprint density at radius 1 is 1.39 bits per heavy atom. The largest absolute Gasteiger partial charge is 0.481 e. The number of nitrogens with zero attached hydrogens (tertiary/aromatic N) is 2. The van der Waals surface area contributed by atoms with Crippen LogP contribution in [0.1, 0.15) is 39.0 Å². The van der Waals surface area contributed by atoms with E-state index >= 15 is 0 Å². The maximum atomic E-state index is 10.6. The maximum absolute atomic E-state index is 10.6. The number of rotatable bonds is 4. The third kappa shape index (κ3) is 3.23. The standard InChI is InChI=1S/C14H26N2O2/c1-11(5-6-14(17)18)16-9-7-13-12(10-16)4-3-8-15(13)2/h11-13H,3-10H2,1-2H3,(H,17,18). The smallest absolute Gasteiger partial charge is 0.303 e. The van der Waals surface area contributed by atoms with E-state index < -0.39 is 5.97 Å². The van der Waals surface area contributed by atoms with Crippen LogP contribution in [0.15, 0.2) is 0 Å². The maximum Gasteiger partial charge on any atom is 0.303 e. The van der Waals surface area contributed by atoms with E-state index in [-0.39, 0.29) is 0 Å². The summed E-state index contributed by atoms with van der Waals surface area (Å²) >= 11 is 0. The number of piperidine rings is 2. The van der Waals surface area contributed by atoms with E-state index in [1.54, 1.807) is 0 Å². The molecule has 2 aliphatic heterocycles. The first-order valence-corrected chi connectivity index (χ1v) is 7.24. The fraction of sp³-hybridized carbons (Fsp3) is 0.929. The summed E-state index contributed by atoms with van der Waals surface area (Å²) in [4.78, 5) is 15.7. The van der Waals surface area contributed by atoms with E-state index in [1.165, 1.54) is 25.8 Å². The van der Waals surface area contributed by atoms with Crippen molar-refractivity contribution in [3.8, 4) is 0 Å². The van der Waals surface area contributed by atoms with Crippen molar-refractivity contribution < 1.29 is 9.90 Å². The summed E-state index contributed by atoms with van der Waals surface area (Å²) in [6.45, 7) is 5.72. The Balaban J connectivity index is 1.84. The molecule has 0 saturated carbocycles. The lowest BCUT2D eigenvalue weighted by atomic mass is 9.83. The van der Waals surface area contributed by atoms with Gasteiger partial charge in [-0.3, -0.25) is 4.79 Å². The van der Waals surface area contributed by atoms with Gasteiger partial charge < -0.3 is 14.9 Å². The average Bonchev–Trinajstić information content (AvgIpc) is 2.35. The van der Waals surface area contributed by atoms with E-state index in [1.807, 2.05) is 0 Å². The highest BCUT2D eigenvalue weighted by Gasteiger charge is 2.35. The van der Waals surface area contributed by atoms with E-state index in [2.05, 4.69) is 23.8 Å². The highest BCUT2D eigenvalue weighted by molar-refractivity contribution is 5.66. The summed E-state index contributed by atoms with van der Waals surface area (Å²) in [5, 5.41) is 8.76. The van der Waals surface area contributed by atoms with Crippen molar-refractivity contribution in [1.29, 1.82) is 0 Å². The highest BCUT2D eigenvalue weighted by atomic mass is 16.4. The molecule has 2 aliphatic rings. The second-order valence-corrected chi connectivity index (χ2v) is 6.02. The van der Waals surface area contributed by atoms with E-state index in [4.69, 9.17) is 5.11 Å². The van der Waals surface area contributed by atoms with E-state index in [0.29, 0.717) is 12.5 Å². The van der Waals surface area contributed by atoms with Crippen molar-refractivity contribution >= 4 is 5.97 Å². The fourth-order valence-corrected chi connectivity index (χ4v) is 3.60. The van der Waals surface area contributed by atoms with E-state index in [0.717, 1.165) is 31.5 Å². The van der Waals surface area contributed by atoms with Gasteiger partial charge in [0.1, 0.15) is 0 Å². The molecule has 0 amide bonds. The number of carboxylic acids is 1. The van der Waals surface area contributed by atoms with Crippen molar-refractivity contribution in [2.24, 2.45) is 5.92 Å². The molecule has 0 bridgehead atoms. The van der Waals surface area contributed by atoms with Crippen LogP contribution in [-0.4, -0.2) is 59.6 Å². The molecule has 0 aliphatic carbocycles. The molecule has 104 valence electrons. The summed E-state index contributed by atoms with van der Waals surface area (Å²) in [5.41, 5.74) is 0. The molecule has 3 atom stereocenters. The predicted octanol–water partition coefficient (Wildman–Crippen LogP) is 1.66. The lowest BCUT2D eigenvalue weighted by Crippen LogP contribution is -2.54. The Hall–Kier alpha value is -0.610. The molecule has 2 fully saturated rings. The first kappa shape index (κ1) is 13.8. The molecule has 0 aromatic heterocycles. The van der Waals surface area contributed by atoms with Gasteiger partial charge >= 0.3 is 5.97 Å². The van der Waals surface area contributed by atoms with E-state index in [9.17, 15) is 4.79 Å². The molecule has 0 aromatic rings. The molecule has 4 heteroatoms. The molecule has 2 saturated heterocycles. The Labute approximate surface area is 110 Å². The number of carbonyl (C=O) groups is 1. The Bertz CT molecular complexity index is 296. The van der Waals surface area contributed by atoms with Crippen LogP contribution in [-0.2, 0) is 4.79 Å². The molecule has 4 nitrogen and oxygen atoms in total. The van der Waals surface area contributed by atoms with Gasteiger partial charge in [0.05, 0.1) is 0 Å². The van der Waals surface area contributed by atoms with Gasteiger partial charge in [-0.1, -0.05) is 0 Å². The Kier molecular flexibility index (Phi) is 4.62. The van der Waals surface area contributed by atoms with Crippen LogP contribution < -0.4 is 0 Å². The molecule has 0 radical (unpaired) electrons. The van der Waals surface area contributed by atoms with Gasteiger partial charge in [0.2, 0.25) is 0 Å². The van der Waals surface area contributed by atoms with Crippen molar-refractivity contribution in [2.75, 3.05) is 26.7 Å². The van der Waals surface area contributed by atoms with Crippen LogP contribution in [0, 0.1) is 5.92 Å². The van der Waals surface area contributed by atoms with Crippen LogP contribution in [0.2, 0.25) is 0 Å².